The van der Waals surface area contributed by atoms with Crippen LogP contribution in [-0.2, 0) is 20.2 Å². The number of nitrogens with zero attached hydrogens (tertiary/aromatic N) is 2. The van der Waals surface area contributed by atoms with Crippen LogP contribution in [0.4, 0.5) is 11.4 Å². The smallest absolute Gasteiger partial charge is 0.255 e. The number of carbonyl (C=O) groups excluding carboxylic acids is 2. The first-order valence-electron chi connectivity index (χ1n) is 15.0. The Morgan fingerprint density at radius 3 is 2.02 bits per heavy atom. The fourth-order valence-corrected chi connectivity index (χ4v) is 9.24. The minimum Gasteiger partial charge on any atom is -0.339 e. The van der Waals surface area contributed by atoms with Gasteiger partial charge in [0.1, 0.15) is 6.54 Å². The van der Waals surface area contributed by atoms with Crippen LogP contribution in [0.15, 0.2) is 48.5 Å². The topological polar surface area (TPSA) is 86.8 Å². The zero-order valence-electron chi connectivity index (χ0n) is 23.5. The van der Waals surface area contributed by atoms with Crippen LogP contribution in [0.2, 0.25) is 0 Å². The van der Waals surface area contributed by atoms with Crippen molar-refractivity contribution in [2.45, 2.75) is 69.6 Å². The number of hydrogen-bond donors (Lipinski definition) is 1. The van der Waals surface area contributed by atoms with Crippen molar-refractivity contribution < 1.29 is 18.0 Å². The van der Waals surface area contributed by atoms with Gasteiger partial charge < -0.3 is 10.2 Å². The fraction of sp³-hybridized carbons (Fsp3) is 0.562. The lowest BCUT2D eigenvalue weighted by molar-refractivity contribution is -0.114. The molecule has 1 heterocycles. The monoisotopic (exact) mass is 563 g/mol. The van der Waals surface area contributed by atoms with Crippen molar-refractivity contribution in [3.05, 3.63) is 59.7 Å². The third-order valence-electron chi connectivity index (χ3n) is 9.82. The first kappa shape index (κ1) is 27.3. The van der Waals surface area contributed by atoms with Crippen molar-refractivity contribution in [2.75, 3.05) is 35.5 Å². The summed E-state index contributed by atoms with van der Waals surface area (Å²) in [6, 6.07) is 14.9. The molecule has 4 saturated carbocycles. The van der Waals surface area contributed by atoms with E-state index in [-0.39, 0.29) is 17.9 Å². The zero-order valence-corrected chi connectivity index (χ0v) is 24.3. The van der Waals surface area contributed by atoms with Gasteiger partial charge in [0.2, 0.25) is 15.9 Å². The molecule has 4 bridgehead atoms. The maximum atomic E-state index is 13.3. The Balaban J connectivity index is 1.18. The van der Waals surface area contributed by atoms with Crippen molar-refractivity contribution in [1.29, 1.82) is 0 Å². The largest absolute Gasteiger partial charge is 0.339 e. The molecule has 214 valence electrons. The van der Waals surface area contributed by atoms with Gasteiger partial charge in [-0.2, -0.15) is 0 Å². The van der Waals surface area contributed by atoms with E-state index in [2.05, 4.69) is 17.4 Å². The van der Waals surface area contributed by atoms with Gasteiger partial charge in [0.25, 0.3) is 5.91 Å². The van der Waals surface area contributed by atoms with E-state index in [0.29, 0.717) is 30.0 Å². The van der Waals surface area contributed by atoms with Crippen LogP contribution >= 0.6 is 0 Å². The molecule has 0 aromatic heterocycles. The van der Waals surface area contributed by atoms with E-state index in [1.807, 2.05) is 17.0 Å². The Bertz CT molecular complexity index is 1330. The fourth-order valence-electron chi connectivity index (χ4n) is 8.39. The third-order valence-corrected chi connectivity index (χ3v) is 11.0. The first-order chi connectivity index (χ1) is 19.2. The maximum absolute atomic E-state index is 13.3. The molecule has 1 saturated heterocycles. The van der Waals surface area contributed by atoms with Crippen LogP contribution < -0.4 is 9.62 Å². The van der Waals surface area contributed by atoms with E-state index in [1.165, 1.54) is 44.1 Å². The van der Waals surface area contributed by atoms with E-state index in [9.17, 15) is 18.0 Å². The van der Waals surface area contributed by atoms with Gasteiger partial charge in [0.15, 0.2) is 0 Å². The molecule has 2 aromatic rings. The molecular weight excluding hydrogens is 522 g/mol. The molecule has 0 atom stereocenters. The SMILES string of the molecule is CS(=O)(=O)N(CC(=O)Nc1ccccc1C(=O)N1CCCCCC1)c1ccc(C23CC4CC(CC(C4)C2)C3)cc1. The number of para-hydroxylation sites is 1. The Labute approximate surface area is 238 Å². The van der Waals surface area contributed by atoms with Crippen molar-refractivity contribution in [2.24, 2.45) is 17.8 Å². The van der Waals surface area contributed by atoms with E-state index >= 15 is 0 Å². The molecule has 40 heavy (non-hydrogen) atoms. The zero-order chi connectivity index (χ0) is 27.9. The molecule has 4 aliphatic carbocycles. The van der Waals surface area contributed by atoms with E-state index < -0.39 is 15.9 Å². The van der Waals surface area contributed by atoms with Crippen molar-refractivity contribution in [3.8, 4) is 0 Å². The summed E-state index contributed by atoms with van der Waals surface area (Å²) in [5, 5.41) is 2.83. The van der Waals surface area contributed by atoms with E-state index in [1.54, 1.807) is 24.3 Å². The Kier molecular flexibility index (Phi) is 7.40. The van der Waals surface area contributed by atoms with Crippen LogP contribution in [-0.4, -0.2) is 51.0 Å². The highest BCUT2D eigenvalue weighted by Crippen LogP contribution is 2.60. The highest BCUT2D eigenvalue weighted by molar-refractivity contribution is 7.92. The van der Waals surface area contributed by atoms with Crippen LogP contribution in [0.3, 0.4) is 0 Å². The number of nitrogens with one attached hydrogen (secondary N) is 1. The second-order valence-electron chi connectivity index (χ2n) is 12.8. The van der Waals surface area contributed by atoms with Gasteiger partial charge in [0, 0.05) is 13.1 Å². The maximum Gasteiger partial charge on any atom is 0.255 e. The van der Waals surface area contributed by atoms with Crippen molar-refractivity contribution in [3.63, 3.8) is 0 Å². The molecule has 7 rings (SSSR count). The molecule has 5 fully saturated rings. The molecule has 1 aliphatic heterocycles. The predicted molar refractivity (Wildman–Crippen MR) is 158 cm³/mol. The minimum absolute atomic E-state index is 0.0990. The number of benzene rings is 2. The summed E-state index contributed by atoms with van der Waals surface area (Å²) < 4.78 is 26.8. The minimum atomic E-state index is -3.71. The van der Waals surface area contributed by atoms with Crippen molar-refractivity contribution >= 4 is 33.2 Å². The summed E-state index contributed by atoms with van der Waals surface area (Å²) >= 11 is 0. The van der Waals surface area contributed by atoms with Gasteiger partial charge in [-0.25, -0.2) is 8.42 Å². The van der Waals surface area contributed by atoms with Gasteiger partial charge >= 0.3 is 0 Å². The standard InChI is InChI=1S/C32H41N3O4S/c1-40(38,39)35(27-12-10-26(11-13-27)32-19-23-16-24(20-32)18-25(17-23)21-32)22-30(36)33-29-9-5-4-8-28(29)31(37)34-14-6-2-3-7-15-34/h4-5,8-13,23-25H,2-3,6-7,14-22H2,1H3,(H,33,36). The Morgan fingerprint density at radius 1 is 0.875 bits per heavy atom. The van der Waals surface area contributed by atoms with Gasteiger partial charge in [-0.1, -0.05) is 37.1 Å². The Hall–Kier alpha value is -2.87. The van der Waals surface area contributed by atoms with Gasteiger partial charge in [-0.3, -0.25) is 13.9 Å². The summed E-state index contributed by atoms with van der Waals surface area (Å²) in [5.41, 5.74) is 2.87. The summed E-state index contributed by atoms with van der Waals surface area (Å²) in [7, 11) is -3.71. The second-order valence-corrected chi connectivity index (χ2v) is 14.7. The number of hydrogen-bond acceptors (Lipinski definition) is 4. The lowest BCUT2D eigenvalue weighted by Crippen LogP contribution is -2.48. The molecule has 2 aromatic carbocycles. The molecule has 5 aliphatic rings. The molecule has 8 heteroatoms. The molecular formula is C32H41N3O4S. The summed E-state index contributed by atoms with van der Waals surface area (Å²) in [4.78, 5) is 28.3. The van der Waals surface area contributed by atoms with Gasteiger partial charge in [-0.05, 0) is 104 Å². The first-order valence-corrected chi connectivity index (χ1v) is 16.8. The molecule has 0 unspecified atom stereocenters. The average molecular weight is 564 g/mol. The van der Waals surface area contributed by atoms with Crippen LogP contribution in [0.25, 0.3) is 0 Å². The lowest BCUT2D eigenvalue weighted by Gasteiger charge is -2.57. The molecule has 7 nitrogen and oxygen atoms in total. The van der Waals surface area contributed by atoms with Crippen LogP contribution in [0.5, 0.6) is 0 Å². The average Bonchev–Trinajstić information content (AvgIpc) is 3.20. The second kappa shape index (κ2) is 10.8. The number of anilines is 2. The Morgan fingerprint density at radius 2 is 1.45 bits per heavy atom. The van der Waals surface area contributed by atoms with E-state index in [4.69, 9.17) is 0 Å². The normalized spacial score (nSPS) is 27.7. The number of rotatable bonds is 7. The predicted octanol–water partition coefficient (Wildman–Crippen LogP) is 5.58. The van der Waals surface area contributed by atoms with Crippen LogP contribution in [0, 0.1) is 17.8 Å². The van der Waals surface area contributed by atoms with Gasteiger partial charge in [0.05, 0.1) is 23.2 Å². The van der Waals surface area contributed by atoms with E-state index in [0.717, 1.165) is 54.0 Å². The summed E-state index contributed by atoms with van der Waals surface area (Å²) in [5.74, 6) is 1.91. The van der Waals surface area contributed by atoms with Crippen LogP contribution in [0.1, 0.15) is 80.1 Å². The number of likely N-dealkylation sites (tertiary alicyclic amines) is 1. The number of sulfonamides is 1. The molecule has 1 N–H and O–H groups in total. The molecule has 0 radical (unpaired) electrons. The highest BCUT2D eigenvalue weighted by Gasteiger charge is 2.51. The number of amides is 2. The molecule has 0 spiro atoms. The van der Waals surface area contributed by atoms with Gasteiger partial charge in [-0.15, -0.1) is 0 Å². The van der Waals surface area contributed by atoms with Crippen molar-refractivity contribution in [1.82, 2.24) is 4.90 Å². The lowest BCUT2D eigenvalue weighted by atomic mass is 9.48. The molecule has 2 amide bonds. The summed E-state index contributed by atoms with van der Waals surface area (Å²) in [6.45, 7) is 1.06. The number of carbonyl (C=O) groups is 2. The summed E-state index contributed by atoms with van der Waals surface area (Å²) in [6.07, 6.45) is 13.2. The third kappa shape index (κ3) is 5.52. The highest BCUT2D eigenvalue weighted by atomic mass is 32.2. The quantitative estimate of drug-likeness (QED) is 0.477.